The van der Waals surface area contributed by atoms with Gasteiger partial charge in [0.05, 0.1) is 12.2 Å². The number of aryl methyl sites for hydroxylation is 1. The highest BCUT2D eigenvalue weighted by Gasteiger charge is 2.24. The van der Waals surface area contributed by atoms with Gasteiger partial charge in [-0.1, -0.05) is 32.9 Å². The molecule has 1 aliphatic rings. The Labute approximate surface area is 178 Å². The van der Waals surface area contributed by atoms with Gasteiger partial charge in [-0.05, 0) is 78.0 Å². The van der Waals surface area contributed by atoms with Gasteiger partial charge in [-0.2, -0.15) is 0 Å². The van der Waals surface area contributed by atoms with Crippen molar-refractivity contribution in [3.63, 3.8) is 0 Å². The molecular weight excluding hydrogens is 378 g/mol. The molecule has 5 heteroatoms. The van der Waals surface area contributed by atoms with E-state index in [9.17, 15) is 0 Å². The average Bonchev–Trinajstić information content (AvgIpc) is 3.46. The number of rotatable bonds is 12. The van der Waals surface area contributed by atoms with E-state index in [1.807, 2.05) is 0 Å². The number of hydrogen-bond donors (Lipinski definition) is 3. The Balaban J connectivity index is 1.91. The molecule has 0 bridgehead atoms. The Morgan fingerprint density at radius 3 is 2.79 bits per heavy atom. The third-order valence-corrected chi connectivity index (χ3v) is 6.31. The van der Waals surface area contributed by atoms with Crippen molar-refractivity contribution in [1.82, 2.24) is 9.71 Å². The van der Waals surface area contributed by atoms with Gasteiger partial charge in [0.1, 0.15) is 0 Å². The summed E-state index contributed by atoms with van der Waals surface area (Å²) in [6, 6.07) is 6.83. The number of hydrogen-bond acceptors (Lipinski definition) is 4. The van der Waals surface area contributed by atoms with Gasteiger partial charge in [-0.15, -0.1) is 0 Å². The number of aromatic amines is 1. The lowest BCUT2D eigenvalue weighted by Gasteiger charge is -2.21. The molecule has 1 heterocycles. The Bertz CT molecular complexity index is 895. The molecule has 1 aromatic heterocycles. The summed E-state index contributed by atoms with van der Waals surface area (Å²) in [6.07, 6.45) is 9.10. The number of nitrogens with one attached hydrogen (secondary N) is 2. The van der Waals surface area contributed by atoms with E-state index in [2.05, 4.69) is 53.0 Å². The summed E-state index contributed by atoms with van der Waals surface area (Å²) in [6.45, 7) is 11.3. The zero-order chi connectivity index (χ0) is 20.8. The predicted octanol–water partition coefficient (Wildman–Crippen LogP) is 6.38. The maximum Gasteiger partial charge on any atom is 0.0759 e. The van der Waals surface area contributed by atoms with Crippen molar-refractivity contribution < 1.29 is 4.55 Å². The second kappa shape index (κ2) is 10.3. The zero-order valence-corrected chi connectivity index (χ0v) is 18.4. The minimum atomic E-state index is 0.506. The lowest BCUT2D eigenvalue weighted by molar-refractivity contribution is 0.523. The first kappa shape index (κ1) is 21.9. The van der Waals surface area contributed by atoms with Gasteiger partial charge < -0.3 is 9.54 Å². The number of aliphatic imine (C=N–C) groups is 1. The van der Waals surface area contributed by atoms with Crippen molar-refractivity contribution in [2.45, 2.75) is 51.4 Å². The molecule has 2 aromatic rings. The van der Waals surface area contributed by atoms with Crippen LogP contribution in [0.25, 0.3) is 16.5 Å². The molecule has 1 aromatic carbocycles. The number of aromatic nitrogens is 1. The molecule has 3 N–H and O–H groups in total. The van der Waals surface area contributed by atoms with Crippen LogP contribution in [-0.2, 0) is 6.42 Å². The minimum Gasteiger partial charge on any atom is -0.355 e. The Morgan fingerprint density at radius 1 is 1.34 bits per heavy atom. The molecule has 156 valence electrons. The van der Waals surface area contributed by atoms with Crippen LogP contribution in [0.4, 0.5) is 0 Å². The third-order valence-electron chi connectivity index (χ3n) is 5.98. The van der Waals surface area contributed by atoms with Crippen LogP contribution in [0.5, 0.6) is 0 Å². The third kappa shape index (κ3) is 5.62. The number of H-pyrrole nitrogens is 1. The summed E-state index contributed by atoms with van der Waals surface area (Å²) < 4.78 is 12.0. The van der Waals surface area contributed by atoms with Gasteiger partial charge in [0, 0.05) is 36.4 Å². The monoisotopic (exact) mass is 411 g/mol. The van der Waals surface area contributed by atoms with Crippen molar-refractivity contribution in [3.05, 3.63) is 53.8 Å². The molecule has 29 heavy (non-hydrogen) atoms. The van der Waals surface area contributed by atoms with Gasteiger partial charge in [-0.3, -0.25) is 4.99 Å². The molecule has 0 amide bonds. The van der Waals surface area contributed by atoms with Gasteiger partial charge >= 0.3 is 0 Å². The SMILES string of the molecule is C=C(/C=N\C)C(=C)c1cc2cc(CC)c(C(CCNSO)CCC3CC3)cc2[nH]1. The second-order valence-corrected chi connectivity index (χ2v) is 8.53. The molecule has 0 saturated heterocycles. The molecule has 1 saturated carbocycles. The quantitative estimate of drug-likeness (QED) is 0.125. The van der Waals surface area contributed by atoms with Crippen LogP contribution >= 0.6 is 12.2 Å². The zero-order valence-electron chi connectivity index (χ0n) is 17.6. The first-order chi connectivity index (χ1) is 14.1. The van der Waals surface area contributed by atoms with Crippen LogP contribution in [0.2, 0.25) is 0 Å². The van der Waals surface area contributed by atoms with Crippen LogP contribution in [0.3, 0.4) is 0 Å². The smallest absolute Gasteiger partial charge is 0.0759 e. The number of fused-ring (bicyclic) bond motifs is 1. The number of benzene rings is 1. The number of nitrogens with zero attached hydrogens (tertiary/aromatic N) is 1. The van der Waals surface area contributed by atoms with Gasteiger partial charge in [0.2, 0.25) is 0 Å². The first-order valence-corrected chi connectivity index (χ1v) is 11.3. The molecule has 4 nitrogen and oxygen atoms in total. The van der Waals surface area contributed by atoms with Crippen molar-refractivity contribution >= 4 is 34.9 Å². The van der Waals surface area contributed by atoms with E-state index >= 15 is 0 Å². The average molecular weight is 412 g/mol. The lowest BCUT2D eigenvalue weighted by Crippen LogP contribution is -2.12. The van der Waals surface area contributed by atoms with E-state index in [1.165, 1.54) is 42.2 Å². The van der Waals surface area contributed by atoms with Crippen LogP contribution in [0, 0.1) is 5.92 Å². The summed E-state index contributed by atoms with van der Waals surface area (Å²) in [4.78, 5) is 7.60. The largest absolute Gasteiger partial charge is 0.355 e. The van der Waals surface area contributed by atoms with E-state index in [0.717, 1.165) is 47.7 Å². The van der Waals surface area contributed by atoms with Crippen LogP contribution in [0.15, 0.2) is 41.9 Å². The molecular formula is C24H33N3OS. The van der Waals surface area contributed by atoms with E-state index in [1.54, 1.807) is 13.3 Å². The van der Waals surface area contributed by atoms with Gasteiger partial charge in [-0.25, -0.2) is 4.72 Å². The normalized spacial score (nSPS) is 15.3. The molecule has 1 fully saturated rings. The molecule has 0 aliphatic heterocycles. The minimum absolute atomic E-state index is 0.506. The summed E-state index contributed by atoms with van der Waals surface area (Å²) in [7, 11) is 1.75. The Hall–Kier alpha value is -1.82. The summed E-state index contributed by atoms with van der Waals surface area (Å²) >= 11 is 0.716. The molecule has 1 unspecified atom stereocenters. The van der Waals surface area contributed by atoms with Crippen molar-refractivity contribution in [2.75, 3.05) is 13.6 Å². The fourth-order valence-electron chi connectivity index (χ4n) is 4.08. The maximum absolute atomic E-state index is 9.03. The van der Waals surface area contributed by atoms with E-state index in [4.69, 9.17) is 4.55 Å². The summed E-state index contributed by atoms with van der Waals surface area (Å²) in [5.74, 6) is 1.44. The fraction of sp³-hybridized carbons (Fsp3) is 0.458. The topological polar surface area (TPSA) is 60.4 Å². The Morgan fingerprint density at radius 2 is 2.14 bits per heavy atom. The Kier molecular flexibility index (Phi) is 7.76. The highest BCUT2D eigenvalue weighted by molar-refractivity contribution is 7.91. The lowest BCUT2D eigenvalue weighted by atomic mass is 9.86. The highest BCUT2D eigenvalue weighted by atomic mass is 32.2. The van der Waals surface area contributed by atoms with E-state index in [-0.39, 0.29) is 0 Å². The van der Waals surface area contributed by atoms with Crippen LogP contribution in [0.1, 0.15) is 61.8 Å². The maximum atomic E-state index is 9.03. The molecule has 3 rings (SSSR count). The molecule has 1 atom stereocenters. The predicted molar refractivity (Wildman–Crippen MR) is 128 cm³/mol. The molecule has 1 aliphatic carbocycles. The molecule has 0 radical (unpaired) electrons. The number of allylic oxidation sites excluding steroid dienone is 2. The second-order valence-electron chi connectivity index (χ2n) is 8.06. The van der Waals surface area contributed by atoms with Crippen LogP contribution < -0.4 is 4.72 Å². The van der Waals surface area contributed by atoms with E-state index in [0.29, 0.717) is 18.1 Å². The van der Waals surface area contributed by atoms with E-state index < -0.39 is 0 Å². The summed E-state index contributed by atoms with van der Waals surface area (Å²) in [5, 5.41) is 1.22. The van der Waals surface area contributed by atoms with Crippen LogP contribution in [-0.4, -0.2) is 29.3 Å². The summed E-state index contributed by atoms with van der Waals surface area (Å²) in [5.41, 5.74) is 6.71. The van der Waals surface area contributed by atoms with Gasteiger partial charge in [0.25, 0.3) is 0 Å². The standard InChI is InChI=1S/C24H33N3OS/c1-5-19-12-21-13-23(17(3)16(2)15-25-4)27-24(21)14-22(19)20(10-11-26-29-28)9-8-18-6-7-18/h12-15,18,20,26-28H,2-3,5-11H2,1,4H3/b25-15-. The fourth-order valence-corrected chi connectivity index (χ4v) is 4.29. The molecule has 0 spiro atoms. The van der Waals surface area contributed by atoms with Crippen molar-refractivity contribution in [1.29, 1.82) is 0 Å². The first-order valence-electron chi connectivity index (χ1n) is 10.6. The van der Waals surface area contributed by atoms with Crippen molar-refractivity contribution in [3.8, 4) is 0 Å². The van der Waals surface area contributed by atoms with Gasteiger partial charge in [0.15, 0.2) is 0 Å². The highest BCUT2D eigenvalue weighted by Crippen LogP contribution is 2.39. The van der Waals surface area contributed by atoms with Crippen molar-refractivity contribution in [2.24, 2.45) is 10.9 Å².